The number of rotatable bonds is 6. The molecule has 2 aromatic carbocycles. The van der Waals surface area contributed by atoms with Crippen LogP contribution in [0.1, 0.15) is 29.4 Å². The smallest absolute Gasteiger partial charge is 0.143 e. The van der Waals surface area contributed by atoms with Crippen molar-refractivity contribution in [2.24, 2.45) is 0 Å². The van der Waals surface area contributed by atoms with Crippen LogP contribution < -0.4 is 14.2 Å². The van der Waals surface area contributed by atoms with E-state index in [4.69, 9.17) is 14.2 Å². The molecule has 27 heavy (non-hydrogen) atoms. The first-order valence-corrected chi connectivity index (χ1v) is 9.45. The Hall–Kier alpha value is -2.88. The second kappa shape index (κ2) is 7.39. The van der Waals surface area contributed by atoms with Crippen LogP contribution in [-0.4, -0.2) is 17.8 Å². The predicted octanol–water partition coefficient (Wildman–Crippen LogP) is 5.01. The van der Waals surface area contributed by atoms with E-state index in [9.17, 15) is 0 Å². The van der Waals surface area contributed by atoms with E-state index < -0.39 is 0 Å². The van der Waals surface area contributed by atoms with Gasteiger partial charge in [-0.25, -0.2) is 0 Å². The Labute approximate surface area is 160 Å². The molecule has 0 N–H and O–H groups in total. The lowest BCUT2D eigenvalue weighted by Crippen LogP contribution is -2.05. The molecule has 4 heteroatoms. The zero-order chi connectivity index (χ0) is 18.8. The number of hydrogen-bond donors (Lipinski definition) is 0. The quantitative estimate of drug-likeness (QED) is 0.617. The highest BCUT2D eigenvalue weighted by Gasteiger charge is 2.14. The van der Waals surface area contributed by atoms with Gasteiger partial charge in [-0.3, -0.25) is 0 Å². The molecule has 4 nitrogen and oxygen atoms in total. The average Bonchev–Trinajstić information content (AvgIpc) is 3.27. The Balaban J connectivity index is 1.59. The minimum atomic E-state index is 0.498. The van der Waals surface area contributed by atoms with E-state index in [1.165, 1.54) is 17.0 Å². The van der Waals surface area contributed by atoms with Crippen LogP contribution in [0, 0.1) is 13.8 Å². The lowest BCUT2D eigenvalue weighted by molar-refractivity contribution is 0.301. The van der Waals surface area contributed by atoms with Gasteiger partial charge in [0.25, 0.3) is 0 Å². The fourth-order valence-corrected chi connectivity index (χ4v) is 3.56. The second-order valence-corrected chi connectivity index (χ2v) is 6.84. The van der Waals surface area contributed by atoms with E-state index in [2.05, 4.69) is 48.7 Å². The molecule has 0 fully saturated rings. The Bertz CT molecular complexity index is 939. The zero-order valence-corrected chi connectivity index (χ0v) is 16.1. The average molecular weight is 363 g/mol. The number of hydrogen-bond acceptors (Lipinski definition) is 3. The third-order valence-corrected chi connectivity index (χ3v) is 4.91. The third kappa shape index (κ3) is 3.52. The molecule has 0 atom stereocenters. The Morgan fingerprint density at radius 3 is 2.56 bits per heavy atom. The Kier molecular flexibility index (Phi) is 4.80. The first-order chi connectivity index (χ1) is 13.2. The van der Waals surface area contributed by atoms with Crippen LogP contribution in [-0.2, 0) is 13.0 Å². The van der Waals surface area contributed by atoms with Crippen molar-refractivity contribution in [2.75, 3.05) is 13.2 Å². The number of fused-ring (bicyclic) bond motifs is 1. The molecule has 0 aliphatic carbocycles. The largest absolute Gasteiger partial charge is 0.493 e. The number of nitrogens with zero attached hydrogens (tertiary/aromatic N) is 1. The summed E-state index contributed by atoms with van der Waals surface area (Å²) in [6.07, 6.45) is 0.980. The van der Waals surface area contributed by atoms with Gasteiger partial charge in [0.2, 0.25) is 0 Å². The van der Waals surface area contributed by atoms with Gasteiger partial charge < -0.3 is 18.8 Å². The van der Waals surface area contributed by atoms with Crippen molar-refractivity contribution in [3.63, 3.8) is 0 Å². The molecule has 2 heterocycles. The van der Waals surface area contributed by atoms with Crippen LogP contribution in [0.2, 0.25) is 0 Å². The summed E-state index contributed by atoms with van der Waals surface area (Å²) in [5.41, 5.74) is 5.77. The van der Waals surface area contributed by atoms with Crippen molar-refractivity contribution >= 4 is 0 Å². The lowest BCUT2D eigenvalue weighted by atomic mass is 10.1. The molecule has 0 bridgehead atoms. The maximum atomic E-state index is 6.02. The predicted molar refractivity (Wildman–Crippen MR) is 106 cm³/mol. The van der Waals surface area contributed by atoms with Crippen LogP contribution >= 0.6 is 0 Å². The van der Waals surface area contributed by atoms with E-state index in [1.54, 1.807) is 0 Å². The SMILES string of the molecule is CCOc1ccc(COc2ccc3c(c2)OCC3)cc1-n1c(C)ccc1C. The fraction of sp³-hybridized carbons (Fsp3) is 0.304. The molecule has 0 saturated carbocycles. The maximum Gasteiger partial charge on any atom is 0.143 e. The van der Waals surface area contributed by atoms with E-state index in [0.29, 0.717) is 13.2 Å². The van der Waals surface area contributed by atoms with E-state index in [1.807, 2.05) is 25.1 Å². The van der Waals surface area contributed by atoms with Gasteiger partial charge in [-0.15, -0.1) is 0 Å². The summed E-state index contributed by atoms with van der Waals surface area (Å²) in [5.74, 6) is 2.66. The molecular formula is C23H25NO3. The highest BCUT2D eigenvalue weighted by Crippen LogP contribution is 2.31. The molecule has 140 valence electrons. The number of aryl methyl sites for hydroxylation is 2. The summed E-state index contributed by atoms with van der Waals surface area (Å²) in [4.78, 5) is 0. The van der Waals surface area contributed by atoms with Crippen molar-refractivity contribution in [3.8, 4) is 22.9 Å². The van der Waals surface area contributed by atoms with Crippen molar-refractivity contribution in [2.45, 2.75) is 33.8 Å². The molecule has 0 radical (unpaired) electrons. The molecule has 4 rings (SSSR count). The number of aromatic nitrogens is 1. The van der Waals surface area contributed by atoms with Crippen LogP contribution in [0.15, 0.2) is 48.5 Å². The van der Waals surface area contributed by atoms with Gasteiger partial charge in [-0.2, -0.15) is 0 Å². The summed E-state index contributed by atoms with van der Waals surface area (Å²) >= 11 is 0. The molecular weight excluding hydrogens is 338 g/mol. The van der Waals surface area contributed by atoms with Crippen molar-refractivity contribution < 1.29 is 14.2 Å². The molecule has 0 amide bonds. The normalized spacial score (nSPS) is 12.6. The summed E-state index contributed by atoms with van der Waals surface area (Å²) in [7, 11) is 0. The highest BCUT2D eigenvalue weighted by molar-refractivity contribution is 5.52. The fourth-order valence-electron chi connectivity index (χ4n) is 3.56. The van der Waals surface area contributed by atoms with Gasteiger partial charge in [-0.1, -0.05) is 12.1 Å². The van der Waals surface area contributed by atoms with Gasteiger partial charge in [-0.05, 0) is 62.2 Å². The minimum absolute atomic E-state index is 0.498. The first-order valence-electron chi connectivity index (χ1n) is 9.45. The molecule has 1 aromatic heterocycles. The molecule has 1 aliphatic heterocycles. The third-order valence-electron chi connectivity index (χ3n) is 4.91. The summed E-state index contributed by atoms with van der Waals surface area (Å²) in [5, 5.41) is 0. The summed E-state index contributed by atoms with van der Waals surface area (Å²) < 4.78 is 19.7. The van der Waals surface area contributed by atoms with Crippen molar-refractivity contribution in [3.05, 3.63) is 71.0 Å². The molecule has 0 saturated heterocycles. The standard InChI is InChI=1S/C23H25NO3/c1-4-25-22-10-7-18(13-21(22)24-16(2)5-6-17(24)3)15-27-20-9-8-19-11-12-26-23(19)14-20/h5-10,13-14H,4,11-12,15H2,1-3H3. The van der Waals surface area contributed by atoms with Crippen LogP contribution in [0.5, 0.6) is 17.2 Å². The van der Waals surface area contributed by atoms with Gasteiger partial charge in [0, 0.05) is 23.9 Å². The monoisotopic (exact) mass is 363 g/mol. The molecule has 1 aliphatic rings. The van der Waals surface area contributed by atoms with E-state index in [-0.39, 0.29) is 0 Å². The van der Waals surface area contributed by atoms with Crippen LogP contribution in [0.4, 0.5) is 0 Å². The minimum Gasteiger partial charge on any atom is -0.493 e. The van der Waals surface area contributed by atoms with E-state index >= 15 is 0 Å². The maximum absolute atomic E-state index is 6.02. The summed E-state index contributed by atoms with van der Waals surface area (Å²) in [6, 6.07) is 16.6. The molecule has 0 unspecified atom stereocenters. The van der Waals surface area contributed by atoms with Gasteiger partial charge in [0.1, 0.15) is 23.9 Å². The summed E-state index contributed by atoms with van der Waals surface area (Å²) in [6.45, 7) is 8.12. The number of ether oxygens (including phenoxy) is 3. The zero-order valence-electron chi connectivity index (χ0n) is 16.1. The highest BCUT2D eigenvalue weighted by atomic mass is 16.5. The van der Waals surface area contributed by atoms with Crippen LogP contribution in [0.25, 0.3) is 5.69 Å². The van der Waals surface area contributed by atoms with Gasteiger partial charge in [0.15, 0.2) is 0 Å². The van der Waals surface area contributed by atoms with Crippen molar-refractivity contribution in [1.82, 2.24) is 4.57 Å². The van der Waals surface area contributed by atoms with Crippen molar-refractivity contribution in [1.29, 1.82) is 0 Å². The first kappa shape index (κ1) is 17.5. The van der Waals surface area contributed by atoms with Crippen LogP contribution in [0.3, 0.4) is 0 Å². The lowest BCUT2D eigenvalue weighted by Gasteiger charge is -2.17. The Morgan fingerprint density at radius 2 is 1.78 bits per heavy atom. The molecule has 3 aromatic rings. The van der Waals surface area contributed by atoms with Gasteiger partial charge in [0.05, 0.1) is 18.9 Å². The topological polar surface area (TPSA) is 32.6 Å². The second-order valence-electron chi connectivity index (χ2n) is 6.84. The molecule has 0 spiro atoms. The van der Waals surface area contributed by atoms with Gasteiger partial charge >= 0.3 is 0 Å². The van der Waals surface area contributed by atoms with E-state index in [0.717, 1.165) is 41.5 Å². The Morgan fingerprint density at radius 1 is 0.963 bits per heavy atom. The number of benzene rings is 2.